The van der Waals surface area contributed by atoms with Gasteiger partial charge in [-0.15, -0.1) is 0 Å². The molecule has 4 rings (SSSR count). The molecule has 12 nitrogen and oxygen atoms in total. The Hall–Kier alpha value is -4.34. The summed E-state index contributed by atoms with van der Waals surface area (Å²) in [5, 5.41) is 24.5. The molecule has 1 saturated heterocycles. The summed E-state index contributed by atoms with van der Waals surface area (Å²) in [6, 6.07) is 3.90. The summed E-state index contributed by atoms with van der Waals surface area (Å²) in [4.78, 5) is 48.4. The van der Waals surface area contributed by atoms with Crippen molar-refractivity contribution < 1.29 is 32.8 Å². The summed E-state index contributed by atoms with van der Waals surface area (Å²) in [6.07, 6.45) is -3.77. The maximum Gasteiger partial charge on any atom is 0.433 e. The average molecular weight is 523 g/mol. The number of thiazole rings is 1. The normalized spacial score (nSPS) is 14.2. The van der Waals surface area contributed by atoms with Crippen molar-refractivity contribution in [2.45, 2.75) is 12.6 Å². The molecule has 0 radical (unpaired) electrons. The molecule has 1 fully saturated rings. The third-order valence-electron chi connectivity index (χ3n) is 5.01. The SMILES string of the molecule is O=C1CN(c2ncc(-c3cc(N(C(=O)O)c4nccc(C(F)(F)F)n4)cc([N+](=O)[O-])c3)s2)CCCN1. The summed E-state index contributed by atoms with van der Waals surface area (Å²) in [5.41, 5.74) is -2.03. The van der Waals surface area contributed by atoms with Gasteiger partial charge in [0.1, 0.15) is 5.69 Å². The van der Waals surface area contributed by atoms with Gasteiger partial charge in [0.05, 0.1) is 22.0 Å². The van der Waals surface area contributed by atoms with Crippen molar-refractivity contribution in [1.82, 2.24) is 20.3 Å². The number of carbonyl (C=O) groups is 2. The fourth-order valence-corrected chi connectivity index (χ4v) is 4.34. The summed E-state index contributed by atoms with van der Waals surface area (Å²) >= 11 is 1.12. The molecular formula is C20H16F3N7O5S. The molecule has 16 heteroatoms. The Balaban J connectivity index is 1.77. The minimum Gasteiger partial charge on any atom is -0.464 e. The third-order valence-corrected chi connectivity index (χ3v) is 6.11. The van der Waals surface area contributed by atoms with Crippen LogP contribution in [0.25, 0.3) is 10.4 Å². The summed E-state index contributed by atoms with van der Waals surface area (Å²) < 4.78 is 39.3. The maximum atomic E-state index is 13.1. The van der Waals surface area contributed by atoms with Crippen LogP contribution in [0.4, 0.5) is 40.4 Å². The molecule has 1 aromatic carbocycles. The number of nitrogens with one attached hydrogen (secondary N) is 1. The van der Waals surface area contributed by atoms with Gasteiger partial charge in [0, 0.05) is 43.2 Å². The van der Waals surface area contributed by atoms with Gasteiger partial charge >= 0.3 is 12.3 Å². The van der Waals surface area contributed by atoms with E-state index in [1.807, 2.05) is 0 Å². The number of anilines is 3. The smallest absolute Gasteiger partial charge is 0.433 e. The van der Waals surface area contributed by atoms with Gasteiger partial charge in [0.25, 0.3) is 5.69 Å². The fourth-order valence-electron chi connectivity index (χ4n) is 3.41. The van der Waals surface area contributed by atoms with Crippen LogP contribution in [0.15, 0.2) is 36.7 Å². The van der Waals surface area contributed by atoms with E-state index >= 15 is 0 Å². The van der Waals surface area contributed by atoms with Crippen LogP contribution >= 0.6 is 11.3 Å². The van der Waals surface area contributed by atoms with Crippen LogP contribution in [0, 0.1) is 10.1 Å². The number of nitro groups is 1. The molecular weight excluding hydrogens is 507 g/mol. The molecule has 2 amide bonds. The Bertz CT molecular complexity index is 1330. The first-order chi connectivity index (χ1) is 17.0. The lowest BCUT2D eigenvalue weighted by Crippen LogP contribution is -2.32. The molecule has 2 N–H and O–H groups in total. The van der Waals surface area contributed by atoms with Crippen LogP contribution < -0.4 is 15.1 Å². The highest BCUT2D eigenvalue weighted by molar-refractivity contribution is 7.18. The lowest BCUT2D eigenvalue weighted by molar-refractivity contribution is -0.384. The molecule has 1 aliphatic rings. The van der Waals surface area contributed by atoms with Crippen molar-refractivity contribution in [3.63, 3.8) is 0 Å². The van der Waals surface area contributed by atoms with E-state index in [0.717, 1.165) is 23.6 Å². The second-order valence-electron chi connectivity index (χ2n) is 7.48. The lowest BCUT2D eigenvalue weighted by atomic mass is 10.1. The number of nitro benzene ring substituents is 1. The Morgan fingerprint density at radius 1 is 1.28 bits per heavy atom. The van der Waals surface area contributed by atoms with Gasteiger partial charge in [-0.25, -0.2) is 24.6 Å². The molecule has 2 aromatic heterocycles. The molecule has 1 aliphatic heterocycles. The third kappa shape index (κ3) is 5.32. The van der Waals surface area contributed by atoms with Gasteiger partial charge in [-0.2, -0.15) is 13.2 Å². The van der Waals surface area contributed by atoms with Crippen LogP contribution in [0.2, 0.25) is 0 Å². The van der Waals surface area contributed by atoms with Gasteiger partial charge in [-0.3, -0.25) is 14.9 Å². The minimum atomic E-state index is -4.86. The predicted molar refractivity (Wildman–Crippen MR) is 121 cm³/mol. The molecule has 3 heterocycles. The number of alkyl halides is 3. The highest BCUT2D eigenvalue weighted by atomic mass is 32.1. The maximum absolute atomic E-state index is 13.1. The van der Waals surface area contributed by atoms with Crippen molar-refractivity contribution in [3.8, 4) is 10.4 Å². The second-order valence-corrected chi connectivity index (χ2v) is 8.49. The lowest BCUT2D eigenvalue weighted by Gasteiger charge is -2.19. The van der Waals surface area contributed by atoms with E-state index in [4.69, 9.17) is 0 Å². The number of hydrogen-bond acceptors (Lipinski definition) is 9. The first kappa shape index (κ1) is 24.8. The number of amides is 2. The minimum absolute atomic E-state index is 0.0762. The standard InChI is InChI=1S/C20H16F3N7O5S/c21-20(22,23)15-2-4-25-17(27-15)29(19(32)33)12-6-11(7-13(8-12)30(34)35)14-9-26-18(36-14)28-5-1-3-24-16(31)10-28/h2,4,6-9H,1,3,5,10H2,(H,24,31)(H,32,33). The number of carboxylic acid groups (broad SMARTS) is 1. The largest absolute Gasteiger partial charge is 0.464 e. The van der Waals surface area contributed by atoms with Gasteiger partial charge in [0.2, 0.25) is 11.9 Å². The zero-order valence-corrected chi connectivity index (χ0v) is 18.9. The fraction of sp³-hybridized carbons (Fsp3) is 0.250. The number of benzene rings is 1. The molecule has 0 bridgehead atoms. The monoisotopic (exact) mass is 523 g/mol. The molecule has 0 atom stereocenters. The average Bonchev–Trinajstić information content (AvgIpc) is 3.21. The first-order valence-electron chi connectivity index (χ1n) is 10.2. The Morgan fingerprint density at radius 2 is 2.06 bits per heavy atom. The van der Waals surface area contributed by atoms with Gasteiger partial charge in [-0.1, -0.05) is 11.3 Å². The number of carbonyl (C=O) groups excluding carboxylic acids is 1. The van der Waals surface area contributed by atoms with Gasteiger partial charge in [0.15, 0.2) is 5.13 Å². The van der Waals surface area contributed by atoms with Crippen molar-refractivity contribution in [2.75, 3.05) is 29.4 Å². The quantitative estimate of drug-likeness (QED) is 0.376. The van der Waals surface area contributed by atoms with Crippen LogP contribution in [-0.4, -0.2) is 56.6 Å². The van der Waals surface area contributed by atoms with Crippen molar-refractivity contribution >= 4 is 45.8 Å². The Morgan fingerprint density at radius 3 is 2.75 bits per heavy atom. The zero-order chi connectivity index (χ0) is 26.0. The molecule has 0 aliphatic carbocycles. The van der Waals surface area contributed by atoms with Crippen LogP contribution in [0.3, 0.4) is 0 Å². The van der Waals surface area contributed by atoms with E-state index in [9.17, 15) is 38.0 Å². The predicted octanol–water partition coefficient (Wildman–Crippen LogP) is 3.67. The number of rotatable bonds is 5. The summed E-state index contributed by atoms with van der Waals surface area (Å²) in [7, 11) is 0. The molecule has 0 saturated carbocycles. The number of non-ortho nitro benzene ring substituents is 1. The molecule has 0 unspecified atom stereocenters. The van der Waals surface area contributed by atoms with Crippen LogP contribution in [0.1, 0.15) is 12.1 Å². The Labute approximate surface area is 204 Å². The van der Waals surface area contributed by atoms with Crippen LogP contribution in [-0.2, 0) is 11.0 Å². The van der Waals surface area contributed by atoms with Crippen molar-refractivity contribution in [3.05, 3.63) is 52.5 Å². The highest BCUT2D eigenvalue weighted by Crippen LogP contribution is 2.38. The zero-order valence-electron chi connectivity index (χ0n) is 18.1. The topological polar surface area (TPSA) is 155 Å². The van der Waals surface area contributed by atoms with E-state index < -0.39 is 34.5 Å². The molecule has 188 valence electrons. The molecule has 36 heavy (non-hydrogen) atoms. The van der Waals surface area contributed by atoms with Crippen molar-refractivity contribution in [2.24, 2.45) is 0 Å². The Kier molecular flexibility index (Phi) is 6.69. The molecule has 0 spiro atoms. The van der Waals surface area contributed by atoms with E-state index in [2.05, 4.69) is 20.3 Å². The second kappa shape index (κ2) is 9.73. The van der Waals surface area contributed by atoms with E-state index in [-0.39, 0.29) is 23.7 Å². The highest BCUT2D eigenvalue weighted by Gasteiger charge is 2.34. The van der Waals surface area contributed by atoms with E-state index in [1.54, 1.807) is 4.90 Å². The number of nitrogens with zero attached hydrogens (tertiary/aromatic N) is 6. The molecule has 3 aromatic rings. The van der Waals surface area contributed by atoms with E-state index in [1.165, 1.54) is 18.3 Å². The number of halogens is 3. The summed E-state index contributed by atoms with van der Waals surface area (Å²) in [6.45, 7) is 1.14. The number of aromatic nitrogens is 3. The first-order valence-corrected chi connectivity index (χ1v) is 11.0. The van der Waals surface area contributed by atoms with Gasteiger partial charge in [-0.05, 0) is 18.6 Å². The van der Waals surface area contributed by atoms with Crippen molar-refractivity contribution in [1.29, 1.82) is 0 Å². The number of hydrogen-bond donors (Lipinski definition) is 2. The van der Waals surface area contributed by atoms with E-state index in [0.29, 0.717) is 40.5 Å². The van der Waals surface area contributed by atoms with Crippen LogP contribution in [0.5, 0.6) is 0 Å². The summed E-state index contributed by atoms with van der Waals surface area (Å²) in [5.74, 6) is -1.01. The van der Waals surface area contributed by atoms with Gasteiger partial charge < -0.3 is 15.3 Å².